The largest absolute Gasteiger partial charge is 0.465 e. The Morgan fingerprint density at radius 3 is 2.79 bits per heavy atom. The Bertz CT molecular complexity index is 682. The Kier molecular flexibility index (Phi) is 5.56. The standard InChI is InChI=1S/C15H22N2O5S2/c1-21-15(18)14-13(4-10-23-14)24(19,20)17-5-2-3-12(11-17)16-6-8-22-9-7-16/h4,10,12H,2-3,5-9,11H2,1H3/t12-/m0/s1. The van der Waals surface area contributed by atoms with Gasteiger partial charge in [0.2, 0.25) is 10.0 Å². The highest BCUT2D eigenvalue weighted by Crippen LogP contribution is 2.29. The monoisotopic (exact) mass is 374 g/mol. The fourth-order valence-corrected chi connectivity index (χ4v) is 6.09. The SMILES string of the molecule is COC(=O)c1sccc1S(=O)(=O)N1CCC[C@H](N2CCOCC2)C1. The van der Waals surface area contributed by atoms with E-state index in [1.54, 1.807) is 5.38 Å². The van der Waals surface area contributed by atoms with Gasteiger partial charge in [-0.15, -0.1) is 11.3 Å². The number of hydrogen-bond acceptors (Lipinski definition) is 7. The Hall–Kier alpha value is -1.00. The normalized spacial score (nSPS) is 24.0. The highest BCUT2D eigenvalue weighted by molar-refractivity contribution is 7.89. The summed E-state index contributed by atoms with van der Waals surface area (Å²) >= 11 is 1.09. The summed E-state index contributed by atoms with van der Waals surface area (Å²) in [6, 6.07) is 1.70. The molecule has 0 radical (unpaired) electrons. The predicted octanol–water partition coefficient (Wildman–Crippen LogP) is 1.02. The van der Waals surface area contributed by atoms with Crippen LogP contribution in [0.1, 0.15) is 22.5 Å². The molecule has 9 heteroatoms. The third kappa shape index (κ3) is 3.50. The van der Waals surface area contributed by atoms with Crippen molar-refractivity contribution in [2.45, 2.75) is 23.8 Å². The second-order valence-electron chi connectivity index (χ2n) is 5.91. The van der Waals surface area contributed by atoms with E-state index in [1.807, 2.05) is 0 Å². The summed E-state index contributed by atoms with van der Waals surface area (Å²) in [5, 5.41) is 1.61. The molecule has 2 aliphatic rings. The molecule has 0 amide bonds. The van der Waals surface area contributed by atoms with Crippen molar-refractivity contribution >= 4 is 27.3 Å². The van der Waals surface area contributed by atoms with Gasteiger partial charge in [-0.1, -0.05) is 0 Å². The molecule has 3 rings (SSSR count). The first-order valence-corrected chi connectivity index (χ1v) is 10.3. The molecule has 0 N–H and O–H groups in total. The summed E-state index contributed by atoms with van der Waals surface area (Å²) in [5.74, 6) is -0.606. The van der Waals surface area contributed by atoms with Gasteiger partial charge in [-0.05, 0) is 24.3 Å². The van der Waals surface area contributed by atoms with Gasteiger partial charge in [-0.25, -0.2) is 13.2 Å². The van der Waals surface area contributed by atoms with Crippen molar-refractivity contribution in [2.24, 2.45) is 0 Å². The first-order valence-electron chi connectivity index (χ1n) is 8.02. The molecule has 0 aromatic carbocycles. The number of sulfonamides is 1. The van der Waals surface area contributed by atoms with Gasteiger partial charge in [0.05, 0.1) is 20.3 Å². The average molecular weight is 374 g/mol. The minimum absolute atomic E-state index is 0.0574. The Morgan fingerprint density at radius 1 is 1.33 bits per heavy atom. The van der Waals surface area contributed by atoms with Crippen molar-refractivity contribution in [1.82, 2.24) is 9.21 Å². The fraction of sp³-hybridized carbons (Fsp3) is 0.667. The summed E-state index contributed by atoms with van der Waals surface area (Å²) in [4.78, 5) is 14.3. The number of rotatable bonds is 4. The molecule has 1 atom stereocenters. The van der Waals surface area contributed by atoms with Crippen LogP contribution in [0.5, 0.6) is 0 Å². The molecule has 1 aromatic heterocycles. The topological polar surface area (TPSA) is 76.2 Å². The van der Waals surface area contributed by atoms with Gasteiger partial charge in [0, 0.05) is 32.2 Å². The van der Waals surface area contributed by atoms with Crippen molar-refractivity contribution in [2.75, 3.05) is 46.5 Å². The summed E-state index contributed by atoms with van der Waals surface area (Å²) in [6.07, 6.45) is 1.80. The van der Waals surface area contributed by atoms with Crippen LogP contribution in [0.25, 0.3) is 0 Å². The Labute approximate surface area is 146 Å². The van der Waals surface area contributed by atoms with E-state index < -0.39 is 16.0 Å². The first-order chi connectivity index (χ1) is 11.5. The van der Waals surface area contributed by atoms with Crippen molar-refractivity contribution in [3.05, 3.63) is 16.3 Å². The number of carbonyl (C=O) groups excluding carboxylic acids is 1. The van der Waals surface area contributed by atoms with Gasteiger partial charge >= 0.3 is 5.97 Å². The van der Waals surface area contributed by atoms with E-state index in [0.717, 1.165) is 37.3 Å². The molecule has 0 saturated carbocycles. The minimum Gasteiger partial charge on any atom is -0.465 e. The van der Waals surface area contributed by atoms with Gasteiger partial charge in [0.1, 0.15) is 9.77 Å². The van der Waals surface area contributed by atoms with Gasteiger partial charge < -0.3 is 9.47 Å². The predicted molar refractivity (Wildman–Crippen MR) is 89.8 cm³/mol. The number of nitrogens with zero attached hydrogens (tertiary/aromatic N) is 2. The molecule has 2 fully saturated rings. The Balaban J connectivity index is 1.79. The van der Waals surface area contributed by atoms with E-state index >= 15 is 0 Å². The van der Waals surface area contributed by atoms with Crippen LogP contribution >= 0.6 is 11.3 Å². The zero-order valence-corrected chi connectivity index (χ0v) is 15.3. The van der Waals surface area contributed by atoms with Crippen molar-refractivity contribution < 1.29 is 22.7 Å². The van der Waals surface area contributed by atoms with Crippen LogP contribution in [-0.2, 0) is 19.5 Å². The van der Waals surface area contributed by atoms with Crippen LogP contribution in [0.2, 0.25) is 0 Å². The molecular formula is C15H22N2O5S2. The number of morpholine rings is 1. The average Bonchev–Trinajstić information content (AvgIpc) is 3.12. The second kappa shape index (κ2) is 7.49. The van der Waals surface area contributed by atoms with Crippen LogP contribution < -0.4 is 0 Å². The van der Waals surface area contributed by atoms with Crippen LogP contribution in [-0.4, -0.2) is 76.1 Å². The van der Waals surface area contributed by atoms with E-state index in [-0.39, 0.29) is 15.8 Å². The van der Waals surface area contributed by atoms with E-state index in [9.17, 15) is 13.2 Å². The summed E-state index contributed by atoms with van der Waals surface area (Å²) in [5.41, 5.74) is 0. The van der Waals surface area contributed by atoms with E-state index in [1.165, 1.54) is 17.5 Å². The molecule has 2 aliphatic heterocycles. The molecule has 0 aliphatic carbocycles. The highest BCUT2D eigenvalue weighted by Gasteiger charge is 2.35. The number of methoxy groups -OCH3 is 1. The minimum atomic E-state index is -3.69. The number of thiophene rings is 1. The van der Waals surface area contributed by atoms with Crippen molar-refractivity contribution in [1.29, 1.82) is 0 Å². The van der Waals surface area contributed by atoms with Gasteiger partial charge in [0.25, 0.3) is 0 Å². The fourth-order valence-electron chi connectivity index (χ4n) is 3.26. The lowest BCUT2D eigenvalue weighted by atomic mass is 10.1. The highest BCUT2D eigenvalue weighted by atomic mass is 32.2. The maximum absolute atomic E-state index is 13.0. The lowest BCUT2D eigenvalue weighted by Gasteiger charge is -2.40. The number of esters is 1. The Morgan fingerprint density at radius 2 is 2.08 bits per heavy atom. The van der Waals surface area contributed by atoms with E-state index in [2.05, 4.69) is 4.90 Å². The van der Waals surface area contributed by atoms with Crippen molar-refractivity contribution in [3.8, 4) is 0 Å². The lowest BCUT2D eigenvalue weighted by Crippen LogP contribution is -2.52. The molecule has 7 nitrogen and oxygen atoms in total. The van der Waals surface area contributed by atoms with Gasteiger partial charge in [-0.3, -0.25) is 4.90 Å². The molecule has 24 heavy (non-hydrogen) atoms. The van der Waals surface area contributed by atoms with Crippen LogP contribution in [0.4, 0.5) is 0 Å². The zero-order valence-electron chi connectivity index (χ0n) is 13.6. The van der Waals surface area contributed by atoms with E-state index in [4.69, 9.17) is 9.47 Å². The van der Waals surface area contributed by atoms with Crippen LogP contribution in [0, 0.1) is 0 Å². The lowest BCUT2D eigenvalue weighted by molar-refractivity contribution is 0.00537. The zero-order chi connectivity index (χ0) is 17.2. The van der Waals surface area contributed by atoms with Gasteiger partial charge in [0.15, 0.2) is 0 Å². The number of ether oxygens (including phenoxy) is 2. The molecule has 134 valence electrons. The maximum Gasteiger partial charge on any atom is 0.349 e. The molecule has 0 bridgehead atoms. The molecule has 0 unspecified atom stereocenters. The smallest absolute Gasteiger partial charge is 0.349 e. The molecule has 0 spiro atoms. The summed E-state index contributed by atoms with van der Waals surface area (Å²) < 4.78 is 37.6. The molecule has 1 aromatic rings. The number of piperidine rings is 1. The third-order valence-corrected chi connectivity index (χ3v) is 7.47. The molecule has 2 saturated heterocycles. The van der Waals surface area contributed by atoms with Crippen LogP contribution in [0.15, 0.2) is 16.3 Å². The van der Waals surface area contributed by atoms with Gasteiger partial charge in [-0.2, -0.15) is 4.31 Å². The number of hydrogen-bond donors (Lipinski definition) is 0. The first kappa shape index (κ1) is 17.8. The quantitative estimate of drug-likeness (QED) is 0.733. The third-order valence-electron chi connectivity index (χ3n) is 4.54. The second-order valence-corrected chi connectivity index (χ2v) is 8.74. The molecule has 3 heterocycles. The van der Waals surface area contributed by atoms with E-state index in [0.29, 0.717) is 26.3 Å². The maximum atomic E-state index is 13.0. The molecular weight excluding hydrogens is 352 g/mol. The summed E-state index contributed by atoms with van der Waals surface area (Å²) in [6.45, 7) is 4.01. The number of carbonyl (C=O) groups is 1. The summed E-state index contributed by atoms with van der Waals surface area (Å²) in [7, 11) is -2.43. The van der Waals surface area contributed by atoms with Crippen molar-refractivity contribution in [3.63, 3.8) is 0 Å². The van der Waals surface area contributed by atoms with Crippen LogP contribution in [0.3, 0.4) is 0 Å².